The van der Waals surface area contributed by atoms with E-state index in [1.807, 2.05) is 47.4 Å². The second-order valence-electron chi connectivity index (χ2n) is 8.68. The molecule has 0 bridgehead atoms. The summed E-state index contributed by atoms with van der Waals surface area (Å²) in [5.74, 6) is 0.328. The first-order valence-corrected chi connectivity index (χ1v) is 12.0. The van der Waals surface area contributed by atoms with Crippen molar-refractivity contribution < 1.29 is 9.53 Å². The summed E-state index contributed by atoms with van der Waals surface area (Å²) in [5.41, 5.74) is 3.02. The van der Waals surface area contributed by atoms with E-state index in [0.717, 1.165) is 18.7 Å². The molecule has 0 unspecified atom stereocenters. The second kappa shape index (κ2) is 11.0. The predicted octanol–water partition coefficient (Wildman–Crippen LogP) is 3.70. The van der Waals surface area contributed by atoms with Gasteiger partial charge in [-0.25, -0.2) is 4.98 Å². The number of carbonyl (C=O) groups is 1. The van der Waals surface area contributed by atoms with Crippen LogP contribution in [0.4, 0.5) is 5.69 Å². The highest BCUT2D eigenvalue weighted by molar-refractivity contribution is 5.92. The molecule has 1 aliphatic heterocycles. The van der Waals surface area contributed by atoms with Crippen molar-refractivity contribution in [3.8, 4) is 11.8 Å². The van der Waals surface area contributed by atoms with E-state index in [-0.39, 0.29) is 18.0 Å². The fourth-order valence-electron chi connectivity index (χ4n) is 4.24. The Morgan fingerprint density at radius 3 is 2.59 bits per heavy atom. The first-order valence-electron chi connectivity index (χ1n) is 12.0. The van der Waals surface area contributed by atoms with Crippen LogP contribution in [0.25, 0.3) is 28.7 Å². The fraction of sp³-hybridized carbons (Fsp3) is 0.172. The van der Waals surface area contributed by atoms with E-state index in [1.165, 1.54) is 0 Å². The van der Waals surface area contributed by atoms with Crippen LogP contribution in [0.5, 0.6) is 0 Å². The van der Waals surface area contributed by atoms with Gasteiger partial charge in [0.25, 0.3) is 5.56 Å². The Bertz CT molecular complexity index is 1560. The fourth-order valence-corrected chi connectivity index (χ4v) is 4.24. The number of fused-ring (bicyclic) bond motifs is 1. The maximum atomic E-state index is 13.6. The van der Waals surface area contributed by atoms with E-state index in [1.54, 1.807) is 47.0 Å². The average Bonchev–Trinajstić information content (AvgIpc) is 2.93. The Labute approximate surface area is 214 Å². The van der Waals surface area contributed by atoms with Crippen LogP contribution in [-0.2, 0) is 9.53 Å². The van der Waals surface area contributed by atoms with Gasteiger partial charge in [0.05, 0.1) is 48.0 Å². The number of carbonyl (C=O) groups excluding carboxylic acids is 1. The topological polar surface area (TPSA) is 100 Å². The third kappa shape index (κ3) is 5.64. The number of anilines is 1. The van der Waals surface area contributed by atoms with E-state index in [4.69, 9.17) is 15.0 Å². The second-order valence-corrected chi connectivity index (χ2v) is 8.68. The van der Waals surface area contributed by atoms with Crippen LogP contribution in [0.2, 0.25) is 0 Å². The molecule has 8 nitrogen and oxygen atoms in total. The molecule has 0 atom stereocenters. The zero-order valence-electron chi connectivity index (χ0n) is 20.1. The van der Waals surface area contributed by atoms with Gasteiger partial charge in [-0.1, -0.05) is 36.4 Å². The van der Waals surface area contributed by atoms with E-state index >= 15 is 0 Å². The van der Waals surface area contributed by atoms with Crippen LogP contribution in [0.3, 0.4) is 0 Å². The SMILES string of the molecule is N#Cc1ccc(/C=C/c2nc3ccccc3c(=O)n2-c2cccc(NC(=O)CN3CCOCC3)c2)cc1. The standard InChI is InChI=1S/C29H25N5O3/c30-19-22-10-8-21(9-11-22)12-13-27-32-26-7-2-1-6-25(26)29(36)34(27)24-5-3-4-23(18-24)31-28(35)20-33-14-16-37-17-15-33/h1-13,18H,14-17,20H2,(H,31,35)/b13-12+. The summed E-state index contributed by atoms with van der Waals surface area (Å²) in [6.45, 7) is 2.98. The van der Waals surface area contributed by atoms with Gasteiger partial charge in [-0.05, 0) is 54.1 Å². The molecule has 1 aliphatic rings. The van der Waals surface area contributed by atoms with E-state index in [9.17, 15) is 9.59 Å². The van der Waals surface area contributed by atoms with Crippen molar-refractivity contribution in [3.63, 3.8) is 0 Å². The van der Waals surface area contributed by atoms with Crippen molar-refractivity contribution in [2.75, 3.05) is 38.2 Å². The molecule has 184 valence electrons. The molecule has 2 heterocycles. The number of para-hydroxylation sites is 1. The van der Waals surface area contributed by atoms with Crippen LogP contribution < -0.4 is 10.9 Å². The van der Waals surface area contributed by atoms with Crippen molar-refractivity contribution in [1.29, 1.82) is 5.26 Å². The molecule has 1 aromatic heterocycles. The number of nitrogens with one attached hydrogen (secondary N) is 1. The van der Waals surface area contributed by atoms with Gasteiger partial charge < -0.3 is 10.1 Å². The van der Waals surface area contributed by atoms with Crippen LogP contribution in [-0.4, -0.2) is 53.2 Å². The monoisotopic (exact) mass is 491 g/mol. The van der Waals surface area contributed by atoms with Crippen LogP contribution in [0.1, 0.15) is 17.0 Å². The minimum atomic E-state index is -0.207. The number of ether oxygens (including phenoxy) is 1. The van der Waals surface area contributed by atoms with Crippen molar-refractivity contribution in [1.82, 2.24) is 14.5 Å². The number of morpholine rings is 1. The quantitative estimate of drug-likeness (QED) is 0.442. The summed E-state index contributed by atoms with van der Waals surface area (Å²) >= 11 is 0. The van der Waals surface area contributed by atoms with E-state index in [2.05, 4.69) is 11.4 Å². The maximum Gasteiger partial charge on any atom is 0.266 e. The summed E-state index contributed by atoms with van der Waals surface area (Å²) in [5, 5.41) is 12.5. The minimum Gasteiger partial charge on any atom is -0.379 e. The van der Waals surface area contributed by atoms with Gasteiger partial charge in [0.2, 0.25) is 5.91 Å². The van der Waals surface area contributed by atoms with Crippen molar-refractivity contribution >= 4 is 34.6 Å². The number of amides is 1. The molecule has 5 rings (SSSR count). The summed E-state index contributed by atoms with van der Waals surface area (Å²) < 4.78 is 6.89. The molecule has 37 heavy (non-hydrogen) atoms. The van der Waals surface area contributed by atoms with Gasteiger partial charge in [0.15, 0.2) is 0 Å². The third-order valence-electron chi connectivity index (χ3n) is 6.13. The summed E-state index contributed by atoms with van der Waals surface area (Å²) in [6, 6.07) is 23.7. The molecule has 0 saturated carbocycles. The van der Waals surface area contributed by atoms with Gasteiger partial charge in [-0.2, -0.15) is 5.26 Å². The average molecular weight is 492 g/mol. The van der Waals surface area contributed by atoms with Crippen LogP contribution in [0.15, 0.2) is 77.6 Å². The lowest BCUT2D eigenvalue weighted by atomic mass is 10.1. The smallest absolute Gasteiger partial charge is 0.266 e. The lowest BCUT2D eigenvalue weighted by molar-refractivity contribution is -0.118. The molecule has 3 aromatic carbocycles. The number of aromatic nitrogens is 2. The highest BCUT2D eigenvalue weighted by atomic mass is 16.5. The predicted molar refractivity (Wildman–Crippen MR) is 143 cm³/mol. The Balaban J connectivity index is 1.49. The van der Waals surface area contributed by atoms with Gasteiger partial charge in [0.1, 0.15) is 5.82 Å². The highest BCUT2D eigenvalue weighted by Crippen LogP contribution is 2.19. The molecule has 1 amide bonds. The Kier molecular flexibility index (Phi) is 7.17. The molecule has 1 fully saturated rings. The first-order chi connectivity index (χ1) is 18.1. The largest absolute Gasteiger partial charge is 0.379 e. The third-order valence-corrected chi connectivity index (χ3v) is 6.13. The normalized spacial score (nSPS) is 14.0. The molecule has 1 N–H and O–H groups in total. The lowest BCUT2D eigenvalue weighted by Gasteiger charge is -2.25. The van der Waals surface area contributed by atoms with E-state index in [0.29, 0.717) is 46.9 Å². The van der Waals surface area contributed by atoms with Crippen molar-refractivity contribution in [2.24, 2.45) is 0 Å². The summed E-state index contributed by atoms with van der Waals surface area (Å²) in [4.78, 5) is 33.0. The molecule has 4 aromatic rings. The summed E-state index contributed by atoms with van der Waals surface area (Å²) in [6.07, 6.45) is 3.63. The first kappa shape index (κ1) is 24.1. The zero-order chi connectivity index (χ0) is 25.6. The van der Waals surface area contributed by atoms with Gasteiger partial charge in [-0.3, -0.25) is 19.1 Å². The van der Waals surface area contributed by atoms with Crippen molar-refractivity contribution in [2.45, 2.75) is 0 Å². The number of hydrogen-bond acceptors (Lipinski definition) is 6. The molecule has 0 radical (unpaired) electrons. The minimum absolute atomic E-state index is 0.121. The highest BCUT2D eigenvalue weighted by Gasteiger charge is 2.15. The molecule has 8 heteroatoms. The van der Waals surface area contributed by atoms with Gasteiger partial charge in [0, 0.05) is 18.8 Å². The maximum absolute atomic E-state index is 13.6. The number of nitrogens with zero attached hydrogens (tertiary/aromatic N) is 4. The number of nitriles is 1. The Morgan fingerprint density at radius 1 is 1.03 bits per heavy atom. The summed E-state index contributed by atoms with van der Waals surface area (Å²) in [7, 11) is 0. The molecular formula is C29H25N5O3. The Hall–Kier alpha value is -4.58. The zero-order valence-corrected chi connectivity index (χ0v) is 20.1. The van der Waals surface area contributed by atoms with Crippen LogP contribution >= 0.6 is 0 Å². The van der Waals surface area contributed by atoms with Crippen molar-refractivity contribution in [3.05, 3.63) is 100 Å². The molecule has 1 saturated heterocycles. The lowest BCUT2D eigenvalue weighted by Crippen LogP contribution is -2.41. The number of benzene rings is 3. The van der Waals surface area contributed by atoms with Gasteiger partial charge >= 0.3 is 0 Å². The Morgan fingerprint density at radius 2 is 1.81 bits per heavy atom. The molecule has 0 aliphatic carbocycles. The number of rotatable bonds is 6. The number of hydrogen-bond donors (Lipinski definition) is 1. The van der Waals surface area contributed by atoms with Crippen LogP contribution in [0, 0.1) is 11.3 Å². The van der Waals surface area contributed by atoms with Gasteiger partial charge in [-0.15, -0.1) is 0 Å². The molecule has 0 spiro atoms. The molecular weight excluding hydrogens is 466 g/mol. The van der Waals surface area contributed by atoms with E-state index < -0.39 is 0 Å².